The average Bonchev–Trinajstić information content (AvgIpc) is 2.91. The summed E-state index contributed by atoms with van der Waals surface area (Å²) in [7, 11) is 0. The fraction of sp³-hybridized carbons (Fsp3) is 0.381. The minimum atomic E-state index is -4.74. The van der Waals surface area contributed by atoms with Gasteiger partial charge in [0.15, 0.2) is 0 Å². The van der Waals surface area contributed by atoms with Crippen LogP contribution in [0.25, 0.3) is 0 Å². The molecule has 150 valence electrons. The largest absolute Gasteiger partial charge is 0.573 e. The first-order chi connectivity index (χ1) is 13.4. The molecule has 7 heteroatoms. The Balaban J connectivity index is 1.55. The topological polar surface area (TPSA) is 41.6 Å². The molecule has 1 aliphatic rings. The predicted octanol–water partition coefficient (Wildman–Crippen LogP) is 5.21. The van der Waals surface area contributed by atoms with E-state index in [0.29, 0.717) is 11.3 Å². The van der Waals surface area contributed by atoms with Gasteiger partial charge in [-0.25, -0.2) is 0 Å². The van der Waals surface area contributed by atoms with E-state index in [0.717, 1.165) is 37.3 Å². The molecule has 0 aliphatic carbocycles. The molecule has 0 bridgehead atoms. The fourth-order valence-corrected chi connectivity index (χ4v) is 3.26. The van der Waals surface area contributed by atoms with E-state index in [-0.39, 0.29) is 11.7 Å². The maximum absolute atomic E-state index is 12.3. The summed E-state index contributed by atoms with van der Waals surface area (Å²) in [5.41, 5.74) is 2.05. The van der Waals surface area contributed by atoms with E-state index in [1.165, 1.54) is 37.8 Å². The van der Waals surface area contributed by atoms with Crippen molar-refractivity contribution in [1.82, 2.24) is 4.90 Å². The number of nitrogens with zero attached hydrogens (tertiary/aromatic N) is 1. The van der Waals surface area contributed by atoms with Crippen LogP contribution >= 0.6 is 0 Å². The van der Waals surface area contributed by atoms with Gasteiger partial charge in [0, 0.05) is 17.8 Å². The number of carbonyl (C=O) groups excluding carboxylic acids is 1. The van der Waals surface area contributed by atoms with Crippen molar-refractivity contribution < 1.29 is 22.7 Å². The van der Waals surface area contributed by atoms with Gasteiger partial charge in [0.2, 0.25) is 0 Å². The van der Waals surface area contributed by atoms with Gasteiger partial charge in [0.1, 0.15) is 5.75 Å². The van der Waals surface area contributed by atoms with Gasteiger partial charge in [-0.05, 0) is 67.9 Å². The summed E-state index contributed by atoms with van der Waals surface area (Å²) in [5, 5.41) is 2.67. The van der Waals surface area contributed by atoms with Gasteiger partial charge in [-0.3, -0.25) is 9.69 Å². The van der Waals surface area contributed by atoms with Crippen LogP contribution in [0.15, 0.2) is 48.5 Å². The molecule has 1 fully saturated rings. The number of amides is 1. The number of carbonyl (C=O) groups is 1. The Morgan fingerprint density at radius 2 is 1.54 bits per heavy atom. The van der Waals surface area contributed by atoms with E-state index in [4.69, 9.17) is 0 Å². The Morgan fingerprint density at radius 3 is 2.11 bits per heavy atom. The van der Waals surface area contributed by atoms with Crippen molar-refractivity contribution in [3.8, 4) is 5.75 Å². The lowest BCUT2D eigenvalue weighted by atomic mass is 10.1. The van der Waals surface area contributed by atoms with E-state index in [9.17, 15) is 18.0 Å². The molecular formula is C21H23F3N2O2. The van der Waals surface area contributed by atoms with Gasteiger partial charge in [0.25, 0.3) is 5.91 Å². The van der Waals surface area contributed by atoms with Crippen LogP contribution in [-0.4, -0.2) is 30.3 Å². The number of rotatable bonds is 5. The number of hydrogen-bond acceptors (Lipinski definition) is 3. The van der Waals surface area contributed by atoms with Crippen LogP contribution in [-0.2, 0) is 6.54 Å². The SMILES string of the molecule is O=C(Nc1ccc(OC(F)(F)F)cc1)c1ccc(CN2CCCCCC2)cc1. The first kappa shape index (κ1) is 20.2. The van der Waals surface area contributed by atoms with E-state index < -0.39 is 6.36 Å². The molecular weight excluding hydrogens is 369 g/mol. The molecule has 0 aromatic heterocycles. The van der Waals surface area contributed by atoms with Crippen molar-refractivity contribution in [2.75, 3.05) is 18.4 Å². The van der Waals surface area contributed by atoms with Crippen LogP contribution in [0.1, 0.15) is 41.6 Å². The van der Waals surface area contributed by atoms with Crippen molar-refractivity contribution in [1.29, 1.82) is 0 Å². The van der Waals surface area contributed by atoms with Gasteiger partial charge in [-0.1, -0.05) is 25.0 Å². The smallest absolute Gasteiger partial charge is 0.406 e. The Hall–Kier alpha value is -2.54. The van der Waals surface area contributed by atoms with Gasteiger partial charge >= 0.3 is 6.36 Å². The lowest BCUT2D eigenvalue weighted by Gasteiger charge is -2.19. The lowest BCUT2D eigenvalue weighted by molar-refractivity contribution is -0.274. The summed E-state index contributed by atoms with van der Waals surface area (Å²) in [6.07, 6.45) is 0.304. The van der Waals surface area contributed by atoms with Gasteiger partial charge in [-0.15, -0.1) is 13.2 Å². The van der Waals surface area contributed by atoms with Crippen LogP contribution in [0.5, 0.6) is 5.75 Å². The van der Waals surface area contributed by atoms with Gasteiger partial charge in [-0.2, -0.15) is 0 Å². The zero-order chi connectivity index (χ0) is 20.0. The Kier molecular flexibility index (Phi) is 6.57. The molecule has 2 aromatic rings. The van der Waals surface area contributed by atoms with E-state index in [2.05, 4.69) is 15.0 Å². The first-order valence-corrected chi connectivity index (χ1v) is 9.37. The highest BCUT2D eigenvalue weighted by molar-refractivity contribution is 6.04. The molecule has 28 heavy (non-hydrogen) atoms. The average molecular weight is 392 g/mol. The molecule has 1 N–H and O–H groups in total. The maximum atomic E-state index is 12.3. The van der Waals surface area contributed by atoms with E-state index in [1.807, 2.05) is 12.1 Å². The molecule has 0 atom stereocenters. The number of ether oxygens (including phenoxy) is 1. The van der Waals surface area contributed by atoms with Crippen molar-refractivity contribution in [3.05, 3.63) is 59.7 Å². The minimum absolute atomic E-state index is 0.314. The lowest BCUT2D eigenvalue weighted by Crippen LogP contribution is -2.24. The van der Waals surface area contributed by atoms with E-state index in [1.54, 1.807) is 12.1 Å². The summed E-state index contributed by atoms with van der Waals surface area (Å²) < 4.78 is 40.4. The number of likely N-dealkylation sites (tertiary alicyclic amines) is 1. The Labute approximate surface area is 162 Å². The van der Waals surface area contributed by atoms with Crippen LogP contribution in [0.3, 0.4) is 0 Å². The molecule has 2 aromatic carbocycles. The summed E-state index contributed by atoms with van der Waals surface area (Å²) >= 11 is 0. The predicted molar refractivity (Wildman–Crippen MR) is 101 cm³/mol. The summed E-state index contributed by atoms with van der Waals surface area (Å²) in [6, 6.07) is 12.5. The van der Waals surface area contributed by atoms with Crippen molar-refractivity contribution >= 4 is 11.6 Å². The van der Waals surface area contributed by atoms with Crippen molar-refractivity contribution in [2.45, 2.75) is 38.6 Å². The number of alkyl halides is 3. The molecule has 3 rings (SSSR count). The number of anilines is 1. The Bertz CT molecular complexity index is 766. The maximum Gasteiger partial charge on any atom is 0.573 e. The molecule has 0 spiro atoms. The first-order valence-electron chi connectivity index (χ1n) is 9.37. The second-order valence-electron chi connectivity index (χ2n) is 6.91. The quantitative estimate of drug-likeness (QED) is 0.759. The van der Waals surface area contributed by atoms with Crippen LogP contribution in [0, 0.1) is 0 Å². The molecule has 0 unspecified atom stereocenters. The van der Waals surface area contributed by atoms with Gasteiger partial charge < -0.3 is 10.1 Å². The van der Waals surface area contributed by atoms with Crippen LogP contribution < -0.4 is 10.1 Å². The number of hydrogen-bond donors (Lipinski definition) is 1. The standard InChI is InChI=1S/C21H23F3N2O2/c22-21(23,24)28-19-11-9-18(10-12-19)25-20(27)17-7-5-16(6-8-17)15-26-13-3-1-2-4-14-26/h5-12H,1-4,13-15H2,(H,25,27). The molecule has 4 nitrogen and oxygen atoms in total. The molecule has 1 aliphatic heterocycles. The van der Waals surface area contributed by atoms with Gasteiger partial charge in [0.05, 0.1) is 0 Å². The highest BCUT2D eigenvalue weighted by Crippen LogP contribution is 2.24. The highest BCUT2D eigenvalue weighted by Gasteiger charge is 2.30. The zero-order valence-electron chi connectivity index (χ0n) is 15.5. The Morgan fingerprint density at radius 1 is 0.929 bits per heavy atom. The minimum Gasteiger partial charge on any atom is -0.406 e. The number of nitrogens with one attached hydrogen (secondary N) is 1. The summed E-state index contributed by atoms with van der Waals surface area (Å²) in [5.74, 6) is -0.644. The third-order valence-electron chi connectivity index (χ3n) is 4.67. The number of halogens is 3. The molecule has 0 radical (unpaired) electrons. The monoisotopic (exact) mass is 392 g/mol. The highest BCUT2D eigenvalue weighted by atomic mass is 19.4. The molecule has 0 saturated carbocycles. The van der Waals surface area contributed by atoms with Crippen molar-refractivity contribution in [3.63, 3.8) is 0 Å². The third-order valence-corrected chi connectivity index (χ3v) is 4.67. The van der Waals surface area contributed by atoms with Crippen molar-refractivity contribution in [2.24, 2.45) is 0 Å². The fourth-order valence-electron chi connectivity index (χ4n) is 3.26. The van der Waals surface area contributed by atoms with Crippen LogP contribution in [0.2, 0.25) is 0 Å². The molecule has 1 amide bonds. The molecule has 1 saturated heterocycles. The van der Waals surface area contributed by atoms with E-state index >= 15 is 0 Å². The third kappa shape index (κ3) is 6.27. The molecule has 1 heterocycles. The van der Waals surface area contributed by atoms with Crippen LogP contribution in [0.4, 0.5) is 18.9 Å². The summed E-state index contributed by atoms with van der Waals surface area (Å²) in [6.45, 7) is 3.09. The summed E-state index contributed by atoms with van der Waals surface area (Å²) in [4.78, 5) is 14.8. The normalized spacial score (nSPS) is 15.7. The second kappa shape index (κ2) is 9.10. The second-order valence-corrected chi connectivity index (χ2v) is 6.91. The number of benzene rings is 2. The zero-order valence-corrected chi connectivity index (χ0v) is 15.5.